The number of hydrogen-bond donors (Lipinski definition) is 2. The summed E-state index contributed by atoms with van der Waals surface area (Å²) in [7, 11) is 0. The van der Waals surface area contributed by atoms with Gasteiger partial charge in [0.05, 0.1) is 5.54 Å². The first kappa shape index (κ1) is 13.5. The molecule has 1 heterocycles. The number of aromatic nitrogens is 1. The summed E-state index contributed by atoms with van der Waals surface area (Å²) in [5.41, 5.74) is 12.8. The summed E-state index contributed by atoms with van der Waals surface area (Å²) in [5.74, 6) is 1.50. The van der Waals surface area contributed by atoms with Gasteiger partial charge in [-0.1, -0.05) is 36.4 Å². The van der Waals surface area contributed by atoms with E-state index in [1.807, 2.05) is 60.7 Å². The molecule has 0 spiro atoms. The highest BCUT2D eigenvalue weighted by Crippen LogP contribution is 2.29. The van der Waals surface area contributed by atoms with Gasteiger partial charge in [0.15, 0.2) is 0 Å². The minimum absolute atomic E-state index is 0.241. The van der Waals surface area contributed by atoms with Gasteiger partial charge >= 0.3 is 0 Å². The van der Waals surface area contributed by atoms with E-state index < -0.39 is 5.54 Å². The summed E-state index contributed by atoms with van der Waals surface area (Å²) in [6, 6.07) is 11.0. The zero-order chi connectivity index (χ0) is 14.7. The van der Waals surface area contributed by atoms with Crippen molar-refractivity contribution >= 4 is 0 Å². The molecule has 2 aromatic rings. The number of ether oxygens (including phenoxy) is 1. The van der Waals surface area contributed by atoms with E-state index in [-0.39, 0.29) is 6.04 Å². The Hall–Kier alpha value is -2.43. The summed E-state index contributed by atoms with van der Waals surface area (Å²) in [4.78, 5) is 3.96. The van der Waals surface area contributed by atoms with Crippen molar-refractivity contribution in [1.82, 2.24) is 4.98 Å². The van der Waals surface area contributed by atoms with Crippen molar-refractivity contribution in [2.45, 2.75) is 11.6 Å². The van der Waals surface area contributed by atoms with E-state index in [9.17, 15) is 0 Å². The molecular formula is C17H17N3O. The quantitative estimate of drug-likeness (QED) is 0.905. The fourth-order valence-electron chi connectivity index (χ4n) is 2.31. The Morgan fingerprint density at radius 2 is 1.62 bits per heavy atom. The van der Waals surface area contributed by atoms with Gasteiger partial charge in [-0.25, -0.2) is 0 Å². The van der Waals surface area contributed by atoms with Crippen LogP contribution in [0.2, 0.25) is 0 Å². The standard InChI is InChI=1S/C17H17N3O/c18-16-3-1-2-10-17(16,19)13-4-6-14(7-5-13)21-15-8-11-20-12-9-15/h1-12,16H,18-19H2. The molecule has 1 aromatic carbocycles. The Kier molecular flexibility index (Phi) is 3.56. The minimum Gasteiger partial charge on any atom is -0.457 e. The number of hydrogen-bond acceptors (Lipinski definition) is 4. The van der Waals surface area contributed by atoms with Crippen LogP contribution in [0.5, 0.6) is 11.5 Å². The van der Waals surface area contributed by atoms with Crippen LogP contribution in [0.4, 0.5) is 0 Å². The van der Waals surface area contributed by atoms with Gasteiger partial charge in [-0.15, -0.1) is 0 Å². The molecular weight excluding hydrogens is 262 g/mol. The Bertz CT molecular complexity index is 664. The molecule has 106 valence electrons. The highest BCUT2D eigenvalue weighted by atomic mass is 16.5. The normalized spacial score (nSPS) is 24.0. The predicted octanol–water partition coefficient (Wildman–Crippen LogP) is 2.48. The molecule has 0 aliphatic heterocycles. The lowest BCUT2D eigenvalue weighted by Gasteiger charge is -2.33. The van der Waals surface area contributed by atoms with Crippen LogP contribution in [0.1, 0.15) is 5.56 Å². The second-order valence-corrected chi connectivity index (χ2v) is 5.01. The maximum absolute atomic E-state index is 6.41. The highest BCUT2D eigenvalue weighted by Gasteiger charge is 2.31. The van der Waals surface area contributed by atoms with Crippen molar-refractivity contribution in [3.05, 3.63) is 78.7 Å². The summed E-state index contributed by atoms with van der Waals surface area (Å²) in [6.45, 7) is 0. The number of pyridine rings is 1. The van der Waals surface area contributed by atoms with Crippen molar-refractivity contribution in [3.63, 3.8) is 0 Å². The van der Waals surface area contributed by atoms with Crippen LogP contribution in [0.3, 0.4) is 0 Å². The largest absolute Gasteiger partial charge is 0.457 e. The summed E-state index contributed by atoms with van der Waals surface area (Å²) >= 11 is 0. The van der Waals surface area contributed by atoms with E-state index in [1.54, 1.807) is 12.4 Å². The Labute approximate surface area is 123 Å². The van der Waals surface area contributed by atoms with Gasteiger partial charge in [0.25, 0.3) is 0 Å². The maximum atomic E-state index is 6.41. The SMILES string of the molecule is NC1C=CC=CC1(N)c1ccc(Oc2ccncc2)cc1. The summed E-state index contributed by atoms with van der Waals surface area (Å²) in [5, 5.41) is 0. The Morgan fingerprint density at radius 1 is 0.952 bits per heavy atom. The van der Waals surface area contributed by atoms with Crippen molar-refractivity contribution in [1.29, 1.82) is 0 Å². The second-order valence-electron chi connectivity index (χ2n) is 5.01. The molecule has 0 radical (unpaired) electrons. The van der Waals surface area contributed by atoms with E-state index >= 15 is 0 Å². The van der Waals surface area contributed by atoms with Gasteiger partial charge < -0.3 is 16.2 Å². The van der Waals surface area contributed by atoms with Crippen molar-refractivity contribution < 1.29 is 4.74 Å². The summed E-state index contributed by atoms with van der Waals surface area (Å²) in [6.07, 6.45) is 11.0. The van der Waals surface area contributed by atoms with Gasteiger partial charge in [-0.2, -0.15) is 0 Å². The Balaban J connectivity index is 1.81. The first-order valence-corrected chi connectivity index (χ1v) is 6.77. The van der Waals surface area contributed by atoms with Gasteiger partial charge in [0, 0.05) is 18.4 Å². The molecule has 4 nitrogen and oxygen atoms in total. The maximum Gasteiger partial charge on any atom is 0.130 e. The first-order chi connectivity index (χ1) is 10.2. The van der Waals surface area contributed by atoms with Gasteiger partial charge in [-0.3, -0.25) is 4.98 Å². The second kappa shape index (κ2) is 5.52. The number of nitrogens with zero attached hydrogens (tertiary/aromatic N) is 1. The fourth-order valence-corrected chi connectivity index (χ4v) is 2.31. The van der Waals surface area contributed by atoms with Gasteiger partial charge in [0.1, 0.15) is 11.5 Å². The van der Waals surface area contributed by atoms with Crippen LogP contribution >= 0.6 is 0 Å². The van der Waals surface area contributed by atoms with Crippen LogP contribution in [0.25, 0.3) is 0 Å². The van der Waals surface area contributed by atoms with Crippen LogP contribution in [-0.2, 0) is 5.54 Å². The van der Waals surface area contributed by atoms with Crippen LogP contribution in [0, 0.1) is 0 Å². The molecule has 2 atom stereocenters. The molecule has 0 saturated heterocycles. The van der Waals surface area contributed by atoms with Crippen LogP contribution in [0.15, 0.2) is 73.1 Å². The Morgan fingerprint density at radius 3 is 2.29 bits per heavy atom. The number of allylic oxidation sites excluding steroid dienone is 2. The molecule has 0 fully saturated rings. The zero-order valence-electron chi connectivity index (χ0n) is 11.5. The average Bonchev–Trinajstić information content (AvgIpc) is 2.52. The highest BCUT2D eigenvalue weighted by molar-refractivity contribution is 5.41. The third-order valence-corrected chi connectivity index (χ3v) is 3.59. The van der Waals surface area contributed by atoms with E-state index in [2.05, 4.69) is 4.98 Å². The third kappa shape index (κ3) is 2.72. The lowest BCUT2D eigenvalue weighted by atomic mass is 9.81. The molecule has 1 aromatic heterocycles. The number of rotatable bonds is 3. The first-order valence-electron chi connectivity index (χ1n) is 6.77. The van der Waals surface area contributed by atoms with E-state index in [0.29, 0.717) is 0 Å². The van der Waals surface area contributed by atoms with Crippen molar-refractivity contribution in [3.8, 4) is 11.5 Å². The lowest BCUT2D eigenvalue weighted by molar-refractivity contribution is 0.475. The van der Waals surface area contributed by atoms with Crippen molar-refractivity contribution in [2.75, 3.05) is 0 Å². The average molecular weight is 279 g/mol. The van der Waals surface area contributed by atoms with Crippen LogP contribution in [-0.4, -0.2) is 11.0 Å². The monoisotopic (exact) mass is 279 g/mol. The molecule has 21 heavy (non-hydrogen) atoms. The van der Waals surface area contributed by atoms with E-state index in [4.69, 9.17) is 16.2 Å². The molecule has 0 saturated carbocycles. The van der Waals surface area contributed by atoms with Crippen LogP contribution < -0.4 is 16.2 Å². The molecule has 0 bridgehead atoms. The molecule has 3 rings (SSSR count). The third-order valence-electron chi connectivity index (χ3n) is 3.59. The predicted molar refractivity (Wildman–Crippen MR) is 82.9 cm³/mol. The molecule has 1 aliphatic rings. The van der Waals surface area contributed by atoms with Crippen molar-refractivity contribution in [2.24, 2.45) is 11.5 Å². The molecule has 2 unspecified atom stereocenters. The smallest absolute Gasteiger partial charge is 0.130 e. The number of benzene rings is 1. The molecule has 1 aliphatic carbocycles. The molecule has 0 amide bonds. The minimum atomic E-state index is -0.677. The van der Waals surface area contributed by atoms with E-state index in [0.717, 1.165) is 17.1 Å². The lowest BCUT2D eigenvalue weighted by Crippen LogP contribution is -2.50. The topological polar surface area (TPSA) is 74.2 Å². The van der Waals surface area contributed by atoms with Gasteiger partial charge in [-0.05, 0) is 29.8 Å². The number of nitrogens with two attached hydrogens (primary N) is 2. The van der Waals surface area contributed by atoms with E-state index in [1.165, 1.54) is 0 Å². The molecule has 4 heteroatoms. The van der Waals surface area contributed by atoms with Gasteiger partial charge in [0.2, 0.25) is 0 Å². The fraction of sp³-hybridized carbons (Fsp3) is 0.118. The molecule has 4 N–H and O–H groups in total. The summed E-state index contributed by atoms with van der Waals surface area (Å²) < 4.78 is 5.74. The zero-order valence-corrected chi connectivity index (χ0v) is 11.5.